The van der Waals surface area contributed by atoms with E-state index in [0.29, 0.717) is 17.8 Å². The second kappa shape index (κ2) is 6.49. The minimum absolute atomic E-state index is 0.0321. The van der Waals surface area contributed by atoms with Gasteiger partial charge >= 0.3 is 5.69 Å². The molecule has 0 spiro atoms. The Bertz CT molecular complexity index is 622. The van der Waals surface area contributed by atoms with Gasteiger partial charge in [0.2, 0.25) is 0 Å². The molecule has 1 N–H and O–H groups in total. The quantitative estimate of drug-likeness (QED) is 0.655. The van der Waals surface area contributed by atoms with Crippen molar-refractivity contribution < 1.29 is 4.92 Å². The van der Waals surface area contributed by atoms with Crippen LogP contribution >= 0.6 is 0 Å². The lowest BCUT2D eigenvalue weighted by Gasteiger charge is -2.18. The van der Waals surface area contributed by atoms with Gasteiger partial charge in [0.1, 0.15) is 11.4 Å². The summed E-state index contributed by atoms with van der Waals surface area (Å²) in [5.41, 5.74) is 2.34. The van der Waals surface area contributed by atoms with Gasteiger partial charge in [-0.15, -0.1) is 0 Å². The van der Waals surface area contributed by atoms with Crippen molar-refractivity contribution in [1.82, 2.24) is 15.1 Å². The molecule has 0 saturated heterocycles. The summed E-state index contributed by atoms with van der Waals surface area (Å²) in [6, 6.07) is 10.0. The Morgan fingerprint density at radius 2 is 2.05 bits per heavy atom. The molecule has 112 valence electrons. The molecule has 0 aliphatic heterocycles. The van der Waals surface area contributed by atoms with Gasteiger partial charge in [0, 0.05) is 19.5 Å². The molecule has 0 saturated carbocycles. The van der Waals surface area contributed by atoms with Gasteiger partial charge in [-0.2, -0.15) is 5.10 Å². The summed E-state index contributed by atoms with van der Waals surface area (Å²) in [4.78, 5) is 10.9. The van der Waals surface area contributed by atoms with Crippen LogP contribution in [0.4, 0.5) is 5.69 Å². The SMILES string of the molecule is CCNC(Cc1c([N+](=O)[O-])c(C)nn1C)c1ccccc1. The number of aromatic nitrogens is 2. The van der Waals surface area contributed by atoms with Crippen molar-refractivity contribution in [3.05, 3.63) is 57.4 Å². The third-order valence-corrected chi connectivity index (χ3v) is 3.54. The van der Waals surface area contributed by atoms with Crippen molar-refractivity contribution in [2.45, 2.75) is 26.3 Å². The fourth-order valence-corrected chi connectivity index (χ4v) is 2.59. The standard InChI is InChI=1S/C15H20N4O2/c1-4-16-13(12-8-6-5-7-9-12)10-14-15(19(20)21)11(2)17-18(14)3/h5-9,13,16H,4,10H2,1-3H3. The fraction of sp³-hybridized carbons (Fsp3) is 0.400. The summed E-state index contributed by atoms with van der Waals surface area (Å²) < 4.78 is 1.61. The molecule has 1 heterocycles. The van der Waals surface area contributed by atoms with Crippen LogP contribution in [-0.4, -0.2) is 21.2 Å². The number of rotatable bonds is 6. The molecule has 6 nitrogen and oxygen atoms in total. The Hall–Kier alpha value is -2.21. The van der Waals surface area contributed by atoms with Gasteiger partial charge in [0.25, 0.3) is 0 Å². The molecule has 1 unspecified atom stereocenters. The molecule has 0 fully saturated rings. The normalized spacial score (nSPS) is 12.3. The zero-order valence-corrected chi connectivity index (χ0v) is 12.5. The summed E-state index contributed by atoms with van der Waals surface area (Å²) in [5, 5.41) is 18.8. The van der Waals surface area contributed by atoms with Gasteiger partial charge in [0.05, 0.1) is 4.92 Å². The van der Waals surface area contributed by atoms with E-state index >= 15 is 0 Å². The first-order valence-corrected chi connectivity index (χ1v) is 6.99. The van der Waals surface area contributed by atoms with Crippen LogP contribution in [0, 0.1) is 17.0 Å². The Morgan fingerprint density at radius 3 is 2.62 bits per heavy atom. The van der Waals surface area contributed by atoms with Crippen LogP contribution in [-0.2, 0) is 13.5 Å². The highest BCUT2D eigenvalue weighted by molar-refractivity contribution is 5.41. The first-order chi connectivity index (χ1) is 10.0. The van der Waals surface area contributed by atoms with Crippen LogP contribution in [0.1, 0.15) is 29.9 Å². The first-order valence-electron chi connectivity index (χ1n) is 6.99. The van der Waals surface area contributed by atoms with Crippen molar-refractivity contribution in [2.24, 2.45) is 7.05 Å². The third-order valence-electron chi connectivity index (χ3n) is 3.54. The van der Waals surface area contributed by atoms with Crippen LogP contribution in [0.3, 0.4) is 0 Å². The Labute approximate surface area is 123 Å². The highest BCUT2D eigenvalue weighted by Crippen LogP contribution is 2.27. The largest absolute Gasteiger partial charge is 0.313 e. The van der Waals surface area contributed by atoms with Crippen LogP contribution in [0.2, 0.25) is 0 Å². The summed E-state index contributed by atoms with van der Waals surface area (Å²) in [6.07, 6.45) is 0.533. The number of hydrogen-bond acceptors (Lipinski definition) is 4. The minimum Gasteiger partial charge on any atom is -0.310 e. The van der Waals surface area contributed by atoms with E-state index in [4.69, 9.17) is 0 Å². The zero-order valence-electron chi connectivity index (χ0n) is 12.5. The van der Waals surface area contributed by atoms with Gasteiger partial charge < -0.3 is 5.32 Å². The Balaban J connectivity index is 2.36. The maximum atomic E-state index is 11.3. The Kier molecular flexibility index (Phi) is 4.70. The maximum Gasteiger partial charge on any atom is 0.313 e. The van der Waals surface area contributed by atoms with E-state index in [1.807, 2.05) is 37.3 Å². The highest BCUT2D eigenvalue weighted by Gasteiger charge is 2.26. The molecular formula is C15H20N4O2. The second-order valence-corrected chi connectivity index (χ2v) is 4.99. The topological polar surface area (TPSA) is 73.0 Å². The fourth-order valence-electron chi connectivity index (χ4n) is 2.59. The molecule has 0 amide bonds. The van der Waals surface area contributed by atoms with Gasteiger partial charge in [-0.3, -0.25) is 14.8 Å². The number of nitro groups is 1. The predicted molar refractivity (Wildman–Crippen MR) is 81.2 cm³/mol. The van der Waals surface area contributed by atoms with E-state index < -0.39 is 0 Å². The minimum atomic E-state index is -0.342. The number of aryl methyl sites for hydroxylation is 2. The lowest BCUT2D eigenvalue weighted by atomic mass is 10.0. The molecule has 0 radical (unpaired) electrons. The van der Waals surface area contributed by atoms with Crippen LogP contribution in [0.5, 0.6) is 0 Å². The Morgan fingerprint density at radius 1 is 1.38 bits per heavy atom. The maximum absolute atomic E-state index is 11.3. The molecule has 2 aromatic rings. The van der Waals surface area contributed by atoms with Crippen molar-refractivity contribution in [3.8, 4) is 0 Å². The molecular weight excluding hydrogens is 268 g/mol. The van der Waals surface area contributed by atoms with Crippen LogP contribution < -0.4 is 5.32 Å². The van der Waals surface area contributed by atoms with Crippen molar-refractivity contribution in [2.75, 3.05) is 6.54 Å². The molecule has 0 aliphatic carbocycles. The zero-order chi connectivity index (χ0) is 15.4. The molecule has 21 heavy (non-hydrogen) atoms. The van der Waals surface area contributed by atoms with Crippen LogP contribution in [0.15, 0.2) is 30.3 Å². The summed E-state index contributed by atoms with van der Waals surface area (Å²) in [7, 11) is 1.75. The van der Waals surface area contributed by atoms with Gasteiger partial charge in [-0.05, 0) is 19.0 Å². The van der Waals surface area contributed by atoms with Crippen molar-refractivity contribution in [1.29, 1.82) is 0 Å². The molecule has 1 aromatic carbocycles. The van der Waals surface area contributed by atoms with E-state index in [2.05, 4.69) is 10.4 Å². The molecule has 0 bridgehead atoms. The van der Waals surface area contributed by atoms with Crippen molar-refractivity contribution in [3.63, 3.8) is 0 Å². The number of hydrogen-bond donors (Lipinski definition) is 1. The molecule has 1 aromatic heterocycles. The second-order valence-electron chi connectivity index (χ2n) is 4.99. The molecule has 6 heteroatoms. The molecule has 1 atom stereocenters. The number of benzene rings is 1. The summed E-state index contributed by atoms with van der Waals surface area (Å²) >= 11 is 0. The summed E-state index contributed by atoms with van der Waals surface area (Å²) in [5.74, 6) is 0. The van der Waals surface area contributed by atoms with Gasteiger partial charge in [-0.25, -0.2) is 0 Å². The van der Waals surface area contributed by atoms with E-state index in [0.717, 1.165) is 12.1 Å². The van der Waals surface area contributed by atoms with E-state index in [-0.39, 0.29) is 16.7 Å². The molecule has 2 rings (SSSR count). The van der Waals surface area contributed by atoms with E-state index in [1.54, 1.807) is 18.7 Å². The molecule has 0 aliphatic rings. The summed E-state index contributed by atoms with van der Waals surface area (Å²) in [6.45, 7) is 4.50. The van der Waals surface area contributed by atoms with Crippen LogP contribution in [0.25, 0.3) is 0 Å². The average Bonchev–Trinajstić information content (AvgIpc) is 2.73. The van der Waals surface area contributed by atoms with E-state index in [1.165, 1.54) is 0 Å². The van der Waals surface area contributed by atoms with Gasteiger partial charge in [0.15, 0.2) is 0 Å². The first kappa shape index (κ1) is 15.2. The van der Waals surface area contributed by atoms with E-state index in [9.17, 15) is 10.1 Å². The van der Waals surface area contributed by atoms with Gasteiger partial charge in [-0.1, -0.05) is 37.3 Å². The third kappa shape index (κ3) is 3.28. The highest BCUT2D eigenvalue weighted by atomic mass is 16.6. The number of likely N-dealkylation sites (N-methyl/N-ethyl adjacent to an activating group) is 1. The predicted octanol–water partition coefficient (Wildman–Crippen LogP) is 2.53. The average molecular weight is 288 g/mol. The lowest BCUT2D eigenvalue weighted by molar-refractivity contribution is -0.386. The smallest absolute Gasteiger partial charge is 0.310 e. The number of nitrogens with one attached hydrogen (secondary N) is 1. The lowest BCUT2D eigenvalue weighted by Crippen LogP contribution is -2.24. The number of nitrogens with zero attached hydrogens (tertiary/aromatic N) is 3. The monoisotopic (exact) mass is 288 g/mol. The van der Waals surface area contributed by atoms with Crippen molar-refractivity contribution >= 4 is 5.69 Å².